The van der Waals surface area contributed by atoms with Gasteiger partial charge in [-0.15, -0.1) is 0 Å². The third-order valence-electron chi connectivity index (χ3n) is 3.77. The van der Waals surface area contributed by atoms with Crippen LogP contribution in [0.25, 0.3) is 0 Å². The Morgan fingerprint density at radius 1 is 1.10 bits per heavy atom. The van der Waals surface area contributed by atoms with E-state index in [0.717, 1.165) is 0 Å². The van der Waals surface area contributed by atoms with Crippen molar-refractivity contribution in [1.82, 2.24) is 9.97 Å². The van der Waals surface area contributed by atoms with E-state index in [-0.39, 0.29) is 30.7 Å². The van der Waals surface area contributed by atoms with E-state index in [1.807, 2.05) is 27.7 Å². The lowest BCUT2D eigenvalue weighted by Gasteiger charge is -2.29. The van der Waals surface area contributed by atoms with Gasteiger partial charge in [0.25, 0.3) is 5.56 Å². The molecule has 29 heavy (non-hydrogen) atoms. The third kappa shape index (κ3) is 6.85. The van der Waals surface area contributed by atoms with Crippen molar-refractivity contribution in [3.8, 4) is 0 Å². The van der Waals surface area contributed by atoms with Crippen molar-refractivity contribution in [2.75, 3.05) is 18.5 Å². The minimum atomic E-state index is -3.79. The smallest absolute Gasteiger partial charge is 0.357 e. The second-order valence-electron chi connectivity index (χ2n) is 7.51. The van der Waals surface area contributed by atoms with Crippen molar-refractivity contribution < 1.29 is 13.6 Å². The third-order valence-corrected chi connectivity index (χ3v) is 6.08. The first-order chi connectivity index (χ1) is 13.6. The first-order valence-electron chi connectivity index (χ1n) is 9.33. The molecule has 0 radical (unpaired) electrons. The molecule has 0 aliphatic heterocycles. The summed E-state index contributed by atoms with van der Waals surface area (Å²) in [4.78, 5) is 28.1. The maximum atomic E-state index is 13.9. The van der Waals surface area contributed by atoms with Crippen LogP contribution in [0.4, 0.5) is 5.69 Å². The van der Waals surface area contributed by atoms with E-state index in [9.17, 15) is 14.2 Å². The van der Waals surface area contributed by atoms with Gasteiger partial charge in [-0.1, -0.05) is 51.4 Å². The molecule has 2 rings (SSSR count). The Hall–Kier alpha value is -1.86. The molecular weight excluding hydrogens is 417 g/mol. The van der Waals surface area contributed by atoms with Gasteiger partial charge < -0.3 is 19.3 Å². The van der Waals surface area contributed by atoms with Crippen LogP contribution in [0.2, 0.25) is 5.02 Å². The summed E-state index contributed by atoms with van der Waals surface area (Å²) in [6, 6.07) is 6.74. The van der Waals surface area contributed by atoms with Gasteiger partial charge in [0.15, 0.2) is 5.78 Å². The molecule has 8 nitrogen and oxygen atoms in total. The molecule has 1 aromatic carbocycles. The largest absolute Gasteiger partial charge is 0.362 e. The van der Waals surface area contributed by atoms with Gasteiger partial charge in [0.1, 0.15) is 5.69 Å². The fourth-order valence-electron chi connectivity index (χ4n) is 2.38. The summed E-state index contributed by atoms with van der Waals surface area (Å²) in [5, 5.41) is 3.35. The highest BCUT2D eigenvalue weighted by atomic mass is 35.5. The molecule has 3 N–H and O–H groups in total. The molecule has 0 saturated heterocycles. The summed E-state index contributed by atoms with van der Waals surface area (Å²) in [5.74, 6) is -0.782. The van der Waals surface area contributed by atoms with Crippen LogP contribution in [0.3, 0.4) is 0 Å². The molecular formula is C19H27ClN3O5P. The Morgan fingerprint density at radius 2 is 1.72 bits per heavy atom. The van der Waals surface area contributed by atoms with Crippen molar-refractivity contribution in [3.05, 3.63) is 61.9 Å². The molecule has 0 fully saturated rings. The summed E-state index contributed by atoms with van der Waals surface area (Å²) in [6.07, 6.45) is 1.22. The zero-order valence-corrected chi connectivity index (χ0v) is 18.5. The Morgan fingerprint density at radius 3 is 2.24 bits per heavy atom. The zero-order valence-electron chi connectivity index (χ0n) is 16.9. The number of rotatable bonds is 10. The van der Waals surface area contributed by atoms with Crippen molar-refractivity contribution in [1.29, 1.82) is 0 Å². The van der Waals surface area contributed by atoms with Crippen LogP contribution in [0.5, 0.6) is 0 Å². The molecule has 1 atom stereocenters. The first kappa shape index (κ1) is 23.4. The minimum absolute atomic E-state index is 0.0242. The van der Waals surface area contributed by atoms with Gasteiger partial charge in [0.05, 0.1) is 13.2 Å². The predicted octanol–water partition coefficient (Wildman–Crippen LogP) is 4.37. The highest BCUT2D eigenvalue weighted by molar-refractivity contribution is 7.54. The van der Waals surface area contributed by atoms with Crippen LogP contribution in [0.15, 0.2) is 40.1 Å². The van der Waals surface area contributed by atoms with Gasteiger partial charge in [-0.25, -0.2) is 4.79 Å². The molecule has 1 aromatic heterocycles. The quantitative estimate of drug-likeness (QED) is 0.470. The number of aromatic amines is 2. The molecule has 1 heterocycles. The van der Waals surface area contributed by atoms with Gasteiger partial charge in [-0.05, 0) is 29.5 Å². The predicted molar refractivity (Wildman–Crippen MR) is 115 cm³/mol. The molecule has 0 aliphatic carbocycles. The molecule has 2 aromatic rings. The van der Waals surface area contributed by atoms with E-state index < -0.39 is 24.6 Å². The average molecular weight is 444 g/mol. The van der Waals surface area contributed by atoms with E-state index in [2.05, 4.69) is 15.3 Å². The number of hydrogen-bond donors (Lipinski definition) is 3. The van der Waals surface area contributed by atoms with Crippen molar-refractivity contribution >= 4 is 24.9 Å². The molecule has 0 spiro atoms. The molecule has 0 amide bonds. The van der Waals surface area contributed by atoms with E-state index in [4.69, 9.17) is 20.6 Å². The van der Waals surface area contributed by atoms with Crippen LogP contribution in [-0.2, 0) is 13.6 Å². The molecule has 1 unspecified atom stereocenters. The van der Waals surface area contributed by atoms with Gasteiger partial charge in [-0.2, -0.15) is 0 Å². The molecule has 10 heteroatoms. The molecule has 0 saturated carbocycles. The fraction of sp³-hybridized carbons (Fsp3) is 0.474. The number of aromatic nitrogens is 2. The summed E-state index contributed by atoms with van der Waals surface area (Å²) in [5.41, 5.74) is -0.745. The summed E-state index contributed by atoms with van der Waals surface area (Å²) < 4.78 is 25.4. The van der Waals surface area contributed by atoms with E-state index >= 15 is 0 Å². The SMILES string of the molecule is CC(C)COP(=O)(OCC(C)C)C(Nc1c[nH]c(=O)[nH]c1=O)c1cccc(Cl)c1. The van der Waals surface area contributed by atoms with Crippen molar-refractivity contribution in [3.63, 3.8) is 0 Å². The van der Waals surface area contributed by atoms with Gasteiger partial charge >= 0.3 is 13.3 Å². The average Bonchev–Trinajstić information content (AvgIpc) is 2.64. The standard InChI is InChI=1S/C19H27ClN3O5P/c1-12(2)10-27-29(26,28-11-13(3)4)18(14-6-5-7-15(20)8-14)22-16-9-21-19(25)23-17(16)24/h5-9,12-13,18,22H,10-11H2,1-4H3,(H2,21,23,24,25). The van der Waals surface area contributed by atoms with Crippen LogP contribution in [-0.4, -0.2) is 23.2 Å². The second-order valence-corrected chi connectivity index (χ2v) is 10.1. The highest BCUT2D eigenvalue weighted by Gasteiger charge is 2.38. The van der Waals surface area contributed by atoms with Crippen molar-refractivity contribution in [2.45, 2.75) is 33.5 Å². The fourth-order valence-corrected chi connectivity index (χ4v) is 4.78. The summed E-state index contributed by atoms with van der Waals surface area (Å²) >= 11 is 6.13. The number of anilines is 1. The monoisotopic (exact) mass is 443 g/mol. The van der Waals surface area contributed by atoms with Gasteiger partial charge in [0.2, 0.25) is 0 Å². The maximum Gasteiger partial charge on any atom is 0.357 e. The summed E-state index contributed by atoms with van der Waals surface area (Å²) in [7, 11) is -3.79. The Bertz CT molecular complexity index is 957. The number of halogens is 1. The van der Waals surface area contributed by atoms with Gasteiger partial charge in [-0.3, -0.25) is 14.3 Å². The van der Waals surface area contributed by atoms with Gasteiger partial charge in [0, 0.05) is 11.2 Å². The van der Waals surface area contributed by atoms with Crippen LogP contribution in [0, 0.1) is 11.8 Å². The van der Waals surface area contributed by atoms with Crippen molar-refractivity contribution in [2.24, 2.45) is 11.8 Å². The number of benzene rings is 1. The topological polar surface area (TPSA) is 113 Å². The van der Waals surface area contributed by atoms with E-state index in [1.165, 1.54) is 6.20 Å². The summed E-state index contributed by atoms with van der Waals surface area (Å²) in [6.45, 7) is 8.14. The number of nitrogens with one attached hydrogen (secondary N) is 3. The number of hydrogen-bond acceptors (Lipinski definition) is 6. The lowest BCUT2D eigenvalue weighted by Crippen LogP contribution is -2.27. The van der Waals surface area contributed by atoms with E-state index in [0.29, 0.717) is 10.6 Å². The molecule has 0 bridgehead atoms. The Labute approximate surface area is 174 Å². The van der Waals surface area contributed by atoms with Crippen LogP contribution >= 0.6 is 19.2 Å². The van der Waals surface area contributed by atoms with Crippen LogP contribution < -0.4 is 16.6 Å². The lowest BCUT2D eigenvalue weighted by atomic mass is 10.2. The Balaban J connectivity index is 2.52. The van der Waals surface area contributed by atoms with E-state index in [1.54, 1.807) is 24.3 Å². The Kier molecular flexibility index (Phi) is 8.28. The highest BCUT2D eigenvalue weighted by Crippen LogP contribution is 2.61. The lowest BCUT2D eigenvalue weighted by molar-refractivity contribution is 0.168. The zero-order chi connectivity index (χ0) is 21.6. The first-order valence-corrected chi connectivity index (χ1v) is 11.3. The van der Waals surface area contributed by atoms with Crippen LogP contribution in [0.1, 0.15) is 39.0 Å². The second kappa shape index (κ2) is 10.3. The molecule has 0 aliphatic rings. The normalized spacial score (nSPS) is 13.1. The minimum Gasteiger partial charge on any atom is -0.362 e. The number of H-pyrrole nitrogens is 2. The molecule has 160 valence electrons. The maximum absolute atomic E-state index is 13.9.